The molecule has 0 spiro atoms. The third-order valence-electron chi connectivity index (χ3n) is 1.71. The number of thioether (sulfide) groups is 1. The molecular weight excluding hydrogens is 186 g/mol. The molecule has 2 rings (SSSR count). The van der Waals surface area contributed by atoms with Crippen molar-refractivity contribution in [2.75, 3.05) is 6.26 Å². The van der Waals surface area contributed by atoms with Gasteiger partial charge in [-0.1, -0.05) is 11.8 Å². The molecule has 13 heavy (non-hydrogen) atoms. The van der Waals surface area contributed by atoms with Gasteiger partial charge in [0.1, 0.15) is 5.69 Å². The zero-order chi connectivity index (χ0) is 9.26. The van der Waals surface area contributed by atoms with Gasteiger partial charge in [0.15, 0.2) is 6.29 Å². The normalized spacial score (nSPS) is 10.5. The summed E-state index contributed by atoms with van der Waals surface area (Å²) in [6.07, 6.45) is 4.38. The predicted octanol–water partition coefficient (Wildman–Crippen LogP) is 1.26. The average Bonchev–Trinajstić information content (AvgIpc) is 2.59. The van der Waals surface area contributed by atoms with Gasteiger partial charge in [-0.2, -0.15) is 0 Å². The second-order valence-electron chi connectivity index (χ2n) is 2.46. The number of carbonyl (C=O) groups is 1. The third kappa shape index (κ3) is 1.31. The summed E-state index contributed by atoms with van der Waals surface area (Å²) in [6.45, 7) is 0. The summed E-state index contributed by atoms with van der Waals surface area (Å²) in [7, 11) is 0. The van der Waals surface area contributed by atoms with Crippen LogP contribution >= 0.6 is 11.8 Å². The molecule has 0 aliphatic heterocycles. The number of hydrogen-bond donors (Lipinski definition) is 0. The molecular formula is C8H7N3OS. The van der Waals surface area contributed by atoms with Crippen LogP contribution in [-0.2, 0) is 0 Å². The standard InChI is InChI=1S/C8H7N3OS/c1-13-8-9-4-6-2-3-7(5-12)11(6)10-8/h2-5H,1H3. The third-order valence-corrected chi connectivity index (χ3v) is 2.26. The maximum absolute atomic E-state index is 10.6. The van der Waals surface area contributed by atoms with E-state index in [9.17, 15) is 4.79 Å². The highest BCUT2D eigenvalue weighted by Crippen LogP contribution is 2.10. The topological polar surface area (TPSA) is 47.3 Å². The number of carbonyl (C=O) groups excluding carboxylic acids is 1. The van der Waals surface area contributed by atoms with Crippen LogP contribution in [0.5, 0.6) is 0 Å². The van der Waals surface area contributed by atoms with E-state index in [0.717, 1.165) is 11.8 Å². The van der Waals surface area contributed by atoms with E-state index in [-0.39, 0.29) is 0 Å². The molecule has 0 saturated carbocycles. The fraction of sp³-hybridized carbons (Fsp3) is 0.125. The minimum absolute atomic E-state index is 0.549. The number of aromatic nitrogens is 3. The highest BCUT2D eigenvalue weighted by molar-refractivity contribution is 7.98. The number of hydrogen-bond acceptors (Lipinski definition) is 4. The van der Waals surface area contributed by atoms with Crippen LogP contribution in [0.4, 0.5) is 0 Å². The van der Waals surface area contributed by atoms with Gasteiger partial charge in [0.05, 0.1) is 11.7 Å². The van der Waals surface area contributed by atoms with Gasteiger partial charge in [-0.05, 0) is 18.4 Å². The van der Waals surface area contributed by atoms with Crippen molar-refractivity contribution in [3.05, 3.63) is 24.0 Å². The Morgan fingerprint density at radius 2 is 2.38 bits per heavy atom. The SMILES string of the molecule is CSc1ncc2ccc(C=O)n2n1. The van der Waals surface area contributed by atoms with Gasteiger partial charge in [-0.25, -0.2) is 9.50 Å². The van der Waals surface area contributed by atoms with Gasteiger partial charge in [-0.3, -0.25) is 4.79 Å². The van der Waals surface area contributed by atoms with Crippen LogP contribution in [-0.4, -0.2) is 27.1 Å². The van der Waals surface area contributed by atoms with Crippen molar-refractivity contribution in [3.8, 4) is 0 Å². The molecule has 0 aliphatic carbocycles. The zero-order valence-corrected chi connectivity index (χ0v) is 7.78. The van der Waals surface area contributed by atoms with E-state index < -0.39 is 0 Å². The lowest BCUT2D eigenvalue weighted by molar-refractivity contribution is 0.111. The van der Waals surface area contributed by atoms with Crippen molar-refractivity contribution >= 4 is 23.6 Å². The van der Waals surface area contributed by atoms with E-state index in [1.54, 1.807) is 16.8 Å². The molecule has 0 bridgehead atoms. The summed E-state index contributed by atoms with van der Waals surface area (Å²) >= 11 is 1.45. The monoisotopic (exact) mass is 193 g/mol. The quantitative estimate of drug-likeness (QED) is 0.532. The number of nitrogens with zero attached hydrogens (tertiary/aromatic N) is 3. The lowest BCUT2D eigenvalue weighted by Crippen LogP contribution is -1.98. The summed E-state index contributed by atoms with van der Waals surface area (Å²) in [4.78, 5) is 14.7. The summed E-state index contributed by atoms with van der Waals surface area (Å²) in [6, 6.07) is 3.54. The first kappa shape index (κ1) is 8.25. The van der Waals surface area contributed by atoms with Crippen LogP contribution in [0, 0.1) is 0 Å². The minimum atomic E-state index is 0.549. The molecule has 4 nitrogen and oxygen atoms in total. The summed E-state index contributed by atoms with van der Waals surface area (Å²) in [5, 5.41) is 4.82. The molecule has 2 aromatic rings. The molecule has 0 aromatic carbocycles. The first-order valence-electron chi connectivity index (χ1n) is 3.69. The highest BCUT2D eigenvalue weighted by Gasteiger charge is 2.02. The smallest absolute Gasteiger partial charge is 0.207 e. The molecule has 2 heterocycles. The Kier molecular flexibility index (Phi) is 2.02. The van der Waals surface area contributed by atoms with Crippen LogP contribution in [0.15, 0.2) is 23.5 Å². The first-order chi connectivity index (χ1) is 6.35. The number of rotatable bonds is 2. The lowest BCUT2D eigenvalue weighted by atomic mass is 10.5. The summed E-state index contributed by atoms with van der Waals surface area (Å²) in [5.74, 6) is 0. The number of aldehydes is 1. The van der Waals surface area contributed by atoms with Crippen LogP contribution in [0.1, 0.15) is 10.5 Å². The van der Waals surface area contributed by atoms with Crippen LogP contribution in [0.3, 0.4) is 0 Å². The molecule has 0 atom stereocenters. The molecule has 0 aliphatic rings. The molecule has 0 unspecified atom stereocenters. The van der Waals surface area contributed by atoms with Gasteiger partial charge in [0.25, 0.3) is 0 Å². The van der Waals surface area contributed by atoms with E-state index in [0.29, 0.717) is 10.9 Å². The maximum atomic E-state index is 10.6. The fourth-order valence-electron chi connectivity index (χ4n) is 1.09. The maximum Gasteiger partial charge on any atom is 0.207 e. The molecule has 2 aromatic heterocycles. The van der Waals surface area contributed by atoms with Gasteiger partial charge in [0, 0.05) is 0 Å². The average molecular weight is 193 g/mol. The van der Waals surface area contributed by atoms with E-state index in [1.807, 2.05) is 12.3 Å². The van der Waals surface area contributed by atoms with Gasteiger partial charge < -0.3 is 0 Å². The highest BCUT2D eigenvalue weighted by atomic mass is 32.2. The van der Waals surface area contributed by atoms with E-state index >= 15 is 0 Å². The Morgan fingerprint density at radius 3 is 3.08 bits per heavy atom. The van der Waals surface area contributed by atoms with E-state index in [4.69, 9.17) is 0 Å². The second-order valence-corrected chi connectivity index (χ2v) is 3.23. The van der Waals surface area contributed by atoms with Crippen molar-refractivity contribution in [3.63, 3.8) is 0 Å². The van der Waals surface area contributed by atoms with Gasteiger partial charge in [-0.15, -0.1) is 5.10 Å². The van der Waals surface area contributed by atoms with E-state index in [2.05, 4.69) is 10.1 Å². The van der Waals surface area contributed by atoms with Crippen molar-refractivity contribution in [1.82, 2.24) is 14.6 Å². The van der Waals surface area contributed by atoms with Crippen LogP contribution < -0.4 is 0 Å². The van der Waals surface area contributed by atoms with Gasteiger partial charge >= 0.3 is 0 Å². The lowest BCUT2D eigenvalue weighted by Gasteiger charge is -1.97. The Balaban J connectivity index is 2.71. The zero-order valence-electron chi connectivity index (χ0n) is 6.97. The molecule has 0 amide bonds. The number of fused-ring (bicyclic) bond motifs is 1. The molecule has 0 radical (unpaired) electrons. The predicted molar refractivity (Wildman–Crippen MR) is 50.2 cm³/mol. The fourth-order valence-corrected chi connectivity index (χ4v) is 1.41. The largest absolute Gasteiger partial charge is 0.296 e. The second kappa shape index (κ2) is 3.18. The Morgan fingerprint density at radius 1 is 1.54 bits per heavy atom. The van der Waals surface area contributed by atoms with Crippen molar-refractivity contribution in [2.24, 2.45) is 0 Å². The summed E-state index contributed by atoms with van der Waals surface area (Å²) in [5.41, 5.74) is 1.38. The molecule has 5 heteroatoms. The van der Waals surface area contributed by atoms with Crippen molar-refractivity contribution in [2.45, 2.75) is 5.16 Å². The first-order valence-corrected chi connectivity index (χ1v) is 4.91. The Bertz CT molecular complexity index is 452. The minimum Gasteiger partial charge on any atom is -0.296 e. The molecule has 0 saturated heterocycles. The molecule has 66 valence electrons. The van der Waals surface area contributed by atoms with Gasteiger partial charge in [0.2, 0.25) is 5.16 Å². The summed E-state index contributed by atoms with van der Waals surface area (Å²) < 4.78 is 1.59. The Hall–Kier alpha value is -1.36. The van der Waals surface area contributed by atoms with Crippen molar-refractivity contribution in [1.29, 1.82) is 0 Å². The van der Waals surface area contributed by atoms with Crippen LogP contribution in [0.2, 0.25) is 0 Å². The van der Waals surface area contributed by atoms with E-state index in [1.165, 1.54) is 11.8 Å². The molecule has 0 N–H and O–H groups in total. The molecule has 0 fully saturated rings. The Labute approximate surface area is 79.0 Å². The van der Waals surface area contributed by atoms with Crippen molar-refractivity contribution < 1.29 is 4.79 Å². The van der Waals surface area contributed by atoms with Crippen LogP contribution in [0.25, 0.3) is 5.52 Å².